The maximum Gasteiger partial charge on any atom is 0.412 e. The van der Waals surface area contributed by atoms with Crippen LogP contribution in [0.2, 0.25) is 0 Å². The van der Waals surface area contributed by atoms with Crippen LogP contribution >= 0.6 is 11.3 Å². The molecule has 0 bridgehead atoms. The van der Waals surface area contributed by atoms with E-state index in [9.17, 15) is 9.18 Å². The Bertz CT molecular complexity index is 762. The number of hydrogen-bond acceptors (Lipinski definition) is 6. The van der Waals surface area contributed by atoms with Crippen LogP contribution in [0.5, 0.6) is 10.8 Å². The zero-order chi connectivity index (χ0) is 17.0. The van der Waals surface area contributed by atoms with E-state index in [0.717, 1.165) is 17.4 Å². The van der Waals surface area contributed by atoms with Gasteiger partial charge in [0.15, 0.2) is 10.8 Å². The molecule has 0 radical (unpaired) electrons. The largest absolute Gasteiger partial charge is 0.445 e. The Morgan fingerprint density at radius 3 is 2.74 bits per heavy atom. The van der Waals surface area contributed by atoms with E-state index in [0.29, 0.717) is 5.06 Å². The van der Waals surface area contributed by atoms with E-state index in [1.165, 1.54) is 18.3 Å². The summed E-state index contributed by atoms with van der Waals surface area (Å²) in [5, 5.41) is 11.6. The van der Waals surface area contributed by atoms with Gasteiger partial charge >= 0.3 is 6.09 Å². The smallest absolute Gasteiger partial charge is 0.412 e. The molecule has 0 aliphatic rings. The molecular formula is C15H14FN3O3S. The molecule has 0 unspecified atom stereocenters. The summed E-state index contributed by atoms with van der Waals surface area (Å²) in [5.41, 5.74) is -0.692. The van der Waals surface area contributed by atoms with Crippen LogP contribution in [0.1, 0.15) is 25.8 Å². The van der Waals surface area contributed by atoms with E-state index in [1.54, 1.807) is 20.8 Å². The zero-order valence-corrected chi connectivity index (χ0v) is 13.5. The Labute approximate surface area is 136 Å². The fourth-order valence-electron chi connectivity index (χ4n) is 1.55. The number of nitrogens with one attached hydrogen (secondary N) is 1. The van der Waals surface area contributed by atoms with Gasteiger partial charge in [-0.25, -0.2) is 14.2 Å². The molecule has 0 saturated carbocycles. The highest BCUT2D eigenvalue weighted by molar-refractivity contribution is 7.13. The molecule has 120 valence electrons. The Morgan fingerprint density at radius 2 is 2.17 bits per heavy atom. The van der Waals surface area contributed by atoms with E-state index in [-0.39, 0.29) is 16.4 Å². The zero-order valence-electron chi connectivity index (χ0n) is 12.7. The lowest BCUT2D eigenvalue weighted by Gasteiger charge is -2.19. The van der Waals surface area contributed by atoms with Crippen molar-refractivity contribution in [3.05, 3.63) is 35.2 Å². The van der Waals surface area contributed by atoms with Crippen molar-refractivity contribution in [3.8, 4) is 16.9 Å². The molecule has 1 N–H and O–H groups in total. The van der Waals surface area contributed by atoms with Gasteiger partial charge in [-0.05, 0) is 32.9 Å². The summed E-state index contributed by atoms with van der Waals surface area (Å²) in [6, 6.07) is 5.86. The van der Waals surface area contributed by atoms with Crippen molar-refractivity contribution in [2.75, 3.05) is 5.32 Å². The predicted molar refractivity (Wildman–Crippen MR) is 83.2 cm³/mol. The maximum absolute atomic E-state index is 14.0. The first-order valence-corrected chi connectivity index (χ1v) is 7.42. The van der Waals surface area contributed by atoms with Crippen LogP contribution in [-0.2, 0) is 4.74 Å². The van der Waals surface area contributed by atoms with Crippen molar-refractivity contribution >= 4 is 23.1 Å². The van der Waals surface area contributed by atoms with Gasteiger partial charge in [-0.15, -0.1) is 0 Å². The fraction of sp³-hybridized carbons (Fsp3) is 0.267. The second kappa shape index (κ2) is 6.62. The number of thiazole rings is 1. The highest BCUT2D eigenvalue weighted by atomic mass is 32.1. The Hall–Kier alpha value is -2.66. The predicted octanol–water partition coefficient (Wildman–Crippen LogP) is 4.29. The minimum absolute atomic E-state index is 0.0198. The number of nitriles is 1. The standard InChI is InChI=1S/C15H14FN3O3S/c1-15(2,3)22-14(20)19-11-5-4-9(6-10(11)16)21-13-8-18-12(7-17)23-13/h4-6,8H,1-3H3,(H,19,20). The lowest BCUT2D eigenvalue weighted by atomic mass is 10.2. The number of rotatable bonds is 3. The SMILES string of the molecule is CC(C)(C)OC(=O)Nc1ccc(Oc2cnc(C#N)s2)cc1F. The molecule has 6 nitrogen and oxygen atoms in total. The highest BCUT2D eigenvalue weighted by Crippen LogP contribution is 2.29. The van der Waals surface area contributed by atoms with Gasteiger partial charge in [0.05, 0.1) is 11.9 Å². The maximum atomic E-state index is 14.0. The van der Waals surface area contributed by atoms with Crippen molar-refractivity contribution in [2.45, 2.75) is 26.4 Å². The van der Waals surface area contributed by atoms with Crippen molar-refractivity contribution in [1.82, 2.24) is 4.98 Å². The summed E-state index contributed by atoms with van der Waals surface area (Å²) < 4.78 is 24.5. The Balaban J connectivity index is 2.06. The summed E-state index contributed by atoms with van der Waals surface area (Å²) in [7, 11) is 0. The number of anilines is 1. The highest BCUT2D eigenvalue weighted by Gasteiger charge is 2.17. The van der Waals surface area contributed by atoms with Gasteiger partial charge in [0.25, 0.3) is 0 Å². The van der Waals surface area contributed by atoms with E-state index >= 15 is 0 Å². The molecule has 0 atom stereocenters. The topological polar surface area (TPSA) is 84.2 Å². The van der Waals surface area contributed by atoms with E-state index in [1.807, 2.05) is 6.07 Å². The molecule has 0 aliphatic heterocycles. The lowest BCUT2D eigenvalue weighted by Crippen LogP contribution is -2.27. The van der Waals surface area contributed by atoms with E-state index < -0.39 is 17.5 Å². The minimum Gasteiger partial charge on any atom is -0.445 e. The number of hydrogen-bond donors (Lipinski definition) is 1. The first kappa shape index (κ1) is 16.7. The van der Waals surface area contributed by atoms with Crippen LogP contribution in [0.3, 0.4) is 0 Å². The molecule has 0 spiro atoms. The van der Waals surface area contributed by atoms with E-state index in [4.69, 9.17) is 14.7 Å². The van der Waals surface area contributed by atoms with Gasteiger partial charge in [-0.2, -0.15) is 5.26 Å². The van der Waals surface area contributed by atoms with Crippen LogP contribution < -0.4 is 10.1 Å². The first-order valence-electron chi connectivity index (χ1n) is 6.60. The average Bonchev–Trinajstić information content (AvgIpc) is 2.87. The normalized spacial score (nSPS) is 10.7. The van der Waals surface area contributed by atoms with Gasteiger partial charge < -0.3 is 9.47 Å². The molecule has 8 heteroatoms. The fourth-order valence-corrected chi connectivity index (χ4v) is 2.13. The second-order valence-electron chi connectivity index (χ2n) is 5.47. The molecule has 1 heterocycles. The number of aromatic nitrogens is 1. The monoisotopic (exact) mass is 335 g/mol. The molecule has 2 aromatic rings. The number of carbonyl (C=O) groups excluding carboxylic acids is 1. The quantitative estimate of drug-likeness (QED) is 0.904. The lowest BCUT2D eigenvalue weighted by molar-refractivity contribution is 0.0635. The number of halogens is 1. The molecule has 1 amide bonds. The average molecular weight is 335 g/mol. The van der Waals surface area contributed by atoms with Crippen molar-refractivity contribution in [1.29, 1.82) is 5.26 Å². The third-order valence-electron chi connectivity index (χ3n) is 2.37. The van der Waals surface area contributed by atoms with Crippen molar-refractivity contribution in [3.63, 3.8) is 0 Å². The number of ether oxygens (including phenoxy) is 2. The molecule has 23 heavy (non-hydrogen) atoms. The molecule has 1 aromatic carbocycles. The number of nitrogens with zero attached hydrogens (tertiary/aromatic N) is 2. The van der Waals surface area contributed by atoms with Gasteiger partial charge in [-0.1, -0.05) is 11.3 Å². The number of amides is 1. The number of benzene rings is 1. The number of carbonyl (C=O) groups is 1. The first-order chi connectivity index (χ1) is 10.8. The molecule has 0 fully saturated rings. The molecular weight excluding hydrogens is 321 g/mol. The van der Waals surface area contributed by atoms with Crippen molar-refractivity contribution in [2.24, 2.45) is 0 Å². The third kappa shape index (κ3) is 4.93. The Morgan fingerprint density at radius 1 is 1.43 bits per heavy atom. The van der Waals surface area contributed by atoms with Crippen molar-refractivity contribution < 1.29 is 18.7 Å². The summed E-state index contributed by atoms with van der Waals surface area (Å²) in [4.78, 5) is 15.4. The molecule has 1 aromatic heterocycles. The van der Waals surface area contributed by atoms with Crippen LogP contribution in [-0.4, -0.2) is 16.7 Å². The van der Waals surface area contributed by atoms with E-state index in [2.05, 4.69) is 10.3 Å². The second-order valence-corrected chi connectivity index (χ2v) is 6.46. The molecule has 2 rings (SSSR count). The van der Waals surface area contributed by atoms with Gasteiger partial charge in [0.2, 0.25) is 5.06 Å². The van der Waals surface area contributed by atoms with Crippen LogP contribution in [0.15, 0.2) is 24.4 Å². The van der Waals surface area contributed by atoms with Gasteiger partial charge in [0, 0.05) is 6.07 Å². The summed E-state index contributed by atoms with van der Waals surface area (Å²) in [6.45, 7) is 5.14. The molecule has 0 aliphatic carbocycles. The van der Waals surface area contributed by atoms with Crippen LogP contribution in [0.25, 0.3) is 0 Å². The van der Waals surface area contributed by atoms with Crippen LogP contribution in [0.4, 0.5) is 14.9 Å². The summed E-state index contributed by atoms with van der Waals surface area (Å²) in [6.07, 6.45) is 0.639. The summed E-state index contributed by atoms with van der Waals surface area (Å²) >= 11 is 1.05. The Kier molecular flexibility index (Phi) is 4.81. The van der Waals surface area contributed by atoms with Gasteiger partial charge in [-0.3, -0.25) is 5.32 Å². The van der Waals surface area contributed by atoms with Gasteiger partial charge in [0.1, 0.15) is 17.4 Å². The minimum atomic E-state index is -0.744. The third-order valence-corrected chi connectivity index (χ3v) is 3.15. The molecule has 0 saturated heterocycles. The van der Waals surface area contributed by atoms with Crippen LogP contribution in [0, 0.1) is 17.1 Å². The summed E-state index contributed by atoms with van der Waals surface area (Å²) in [5.74, 6) is -0.441.